The van der Waals surface area contributed by atoms with Gasteiger partial charge in [-0.25, -0.2) is 0 Å². The molecular formula is C18H23BrN2O. The summed E-state index contributed by atoms with van der Waals surface area (Å²) < 4.78 is 3.04. The van der Waals surface area contributed by atoms with Crippen molar-refractivity contribution in [2.75, 3.05) is 6.54 Å². The molecule has 0 atom stereocenters. The van der Waals surface area contributed by atoms with Crippen LogP contribution in [0.1, 0.15) is 48.9 Å². The maximum Gasteiger partial charge on any atom is 0.253 e. The molecule has 1 aliphatic carbocycles. The number of hydrogen-bond acceptors (Lipinski definition) is 1. The van der Waals surface area contributed by atoms with E-state index in [-0.39, 0.29) is 5.91 Å². The van der Waals surface area contributed by atoms with E-state index in [4.69, 9.17) is 0 Å². The number of rotatable bonds is 3. The fourth-order valence-electron chi connectivity index (χ4n) is 3.50. The molecule has 0 aliphatic heterocycles. The maximum absolute atomic E-state index is 12.6. The normalized spacial score (nSPS) is 16.6. The first-order valence-corrected chi connectivity index (χ1v) is 8.98. The van der Waals surface area contributed by atoms with Gasteiger partial charge in [0.2, 0.25) is 0 Å². The number of amides is 1. The summed E-state index contributed by atoms with van der Waals surface area (Å²) in [4.78, 5) is 12.6. The van der Waals surface area contributed by atoms with Gasteiger partial charge in [-0.15, -0.1) is 0 Å². The summed E-state index contributed by atoms with van der Waals surface area (Å²) >= 11 is 3.57. The largest absolute Gasteiger partial charge is 0.352 e. The van der Waals surface area contributed by atoms with Gasteiger partial charge >= 0.3 is 0 Å². The molecule has 3 nitrogen and oxygen atoms in total. The van der Waals surface area contributed by atoms with Crippen molar-refractivity contribution in [1.82, 2.24) is 9.88 Å². The van der Waals surface area contributed by atoms with E-state index in [1.165, 1.54) is 38.5 Å². The lowest BCUT2D eigenvalue weighted by atomic mass is 10.0. The van der Waals surface area contributed by atoms with E-state index in [1.807, 2.05) is 36.0 Å². The molecule has 1 aliphatic rings. The molecule has 22 heavy (non-hydrogen) atoms. The quantitative estimate of drug-likeness (QED) is 0.792. The summed E-state index contributed by atoms with van der Waals surface area (Å²) in [5, 5.41) is 4.16. The van der Waals surface area contributed by atoms with Crippen LogP contribution in [0.25, 0.3) is 10.9 Å². The SMILES string of the molecule is Cn1cc(C(=O)NCC2CCCCCC2)c2cccc(Br)c21. The van der Waals surface area contributed by atoms with Crippen LogP contribution in [0.3, 0.4) is 0 Å². The molecule has 1 N–H and O–H groups in total. The van der Waals surface area contributed by atoms with Gasteiger partial charge in [-0.05, 0) is 40.8 Å². The minimum atomic E-state index is 0.0490. The molecule has 1 saturated carbocycles. The minimum Gasteiger partial charge on any atom is -0.352 e. The average Bonchev–Trinajstić information content (AvgIpc) is 2.70. The van der Waals surface area contributed by atoms with Crippen LogP contribution in [0.15, 0.2) is 28.9 Å². The van der Waals surface area contributed by atoms with Crippen molar-refractivity contribution in [3.05, 3.63) is 34.4 Å². The van der Waals surface area contributed by atoms with Crippen LogP contribution in [0.2, 0.25) is 0 Å². The lowest BCUT2D eigenvalue weighted by molar-refractivity contribution is 0.0947. The van der Waals surface area contributed by atoms with Crippen molar-refractivity contribution < 1.29 is 4.79 Å². The monoisotopic (exact) mass is 362 g/mol. The van der Waals surface area contributed by atoms with E-state index < -0.39 is 0 Å². The van der Waals surface area contributed by atoms with E-state index in [0.717, 1.165) is 27.5 Å². The second-order valence-corrected chi connectivity index (χ2v) is 7.21. The van der Waals surface area contributed by atoms with Crippen molar-refractivity contribution in [1.29, 1.82) is 0 Å². The molecule has 0 bridgehead atoms. The van der Waals surface area contributed by atoms with Crippen LogP contribution < -0.4 is 5.32 Å². The number of benzene rings is 1. The molecule has 1 aromatic heterocycles. The molecule has 118 valence electrons. The summed E-state index contributed by atoms with van der Waals surface area (Å²) in [6, 6.07) is 6.00. The van der Waals surface area contributed by atoms with E-state index in [9.17, 15) is 4.79 Å². The van der Waals surface area contributed by atoms with Crippen LogP contribution in [0, 0.1) is 5.92 Å². The molecule has 2 aromatic rings. The molecule has 3 rings (SSSR count). The number of aryl methyl sites for hydroxylation is 1. The van der Waals surface area contributed by atoms with Gasteiger partial charge in [0.05, 0.1) is 11.1 Å². The summed E-state index contributed by atoms with van der Waals surface area (Å²) in [5.74, 6) is 0.695. The molecule has 0 unspecified atom stereocenters. The lowest BCUT2D eigenvalue weighted by Gasteiger charge is -2.14. The Morgan fingerprint density at radius 3 is 2.73 bits per heavy atom. The lowest BCUT2D eigenvalue weighted by Crippen LogP contribution is -2.29. The Morgan fingerprint density at radius 1 is 1.27 bits per heavy atom. The predicted octanol–water partition coefficient (Wildman–Crippen LogP) is 4.64. The number of carbonyl (C=O) groups excluding carboxylic acids is 1. The van der Waals surface area contributed by atoms with Gasteiger partial charge in [0.15, 0.2) is 0 Å². The van der Waals surface area contributed by atoms with Gasteiger partial charge in [-0.2, -0.15) is 0 Å². The van der Waals surface area contributed by atoms with Crippen LogP contribution in [0.5, 0.6) is 0 Å². The van der Waals surface area contributed by atoms with E-state index in [1.54, 1.807) is 0 Å². The first kappa shape index (κ1) is 15.6. The number of para-hydroxylation sites is 1. The average molecular weight is 363 g/mol. The molecule has 0 saturated heterocycles. The van der Waals surface area contributed by atoms with Crippen molar-refractivity contribution in [2.24, 2.45) is 13.0 Å². The van der Waals surface area contributed by atoms with Crippen LogP contribution in [0.4, 0.5) is 0 Å². The Balaban J connectivity index is 1.74. The predicted molar refractivity (Wildman–Crippen MR) is 94.1 cm³/mol. The molecule has 4 heteroatoms. The fraction of sp³-hybridized carbons (Fsp3) is 0.500. The summed E-state index contributed by atoms with van der Waals surface area (Å²) in [6.45, 7) is 0.809. The second kappa shape index (κ2) is 6.86. The number of nitrogens with one attached hydrogen (secondary N) is 1. The molecule has 0 radical (unpaired) electrons. The number of carbonyl (C=O) groups is 1. The standard InChI is InChI=1S/C18H23BrN2O/c1-21-12-15(14-9-6-10-16(19)17(14)21)18(22)20-11-13-7-4-2-3-5-8-13/h6,9-10,12-13H,2-5,7-8,11H2,1H3,(H,20,22). The highest BCUT2D eigenvalue weighted by molar-refractivity contribution is 9.10. The Kier molecular flexibility index (Phi) is 4.87. The zero-order valence-corrected chi connectivity index (χ0v) is 14.7. The Morgan fingerprint density at radius 2 is 2.00 bits per heavy atom. The zero-order valence-electron chi connectivity index (χ0n) is 13.1. The van der Waals surface area contributed by atoms with Gasteiger partial charge in [0, 0.05) is 29.6 Å². The van der Waals surface area contributed by atoms with Crippen LogP contribution >= 0.6 is 15.9 Å². The van der Waals surface area contributed by atoms with Gasteiger partial charge in [-0.1, -0.05) is 37.8 Å². The molecule has 0 spiro atoms. The first-order valence-electron chi connectivity index (χ1n) is 8.18. The third kappa shape index (κ3) is 3.22. The number of fused-ring (bicyclic) bond motifs is 1. The minimum absolute atomic E-state index is 0.0490. The first-order chi connectivity index (χ1) is 10.7. The topological polar surface area (TPSA) is 34.0 Å². The Hall–Kier alpha value is -1.29. The van der Waals surface area contributed by atoms with Gasteiger partial charge in [0.25, 0.3) is 5.91 Å². The summed E-state index contributed by atoms with van der Waals surface area (Å²) in [7, 11) is 1.98. The van der Waals surface area contributed by atoms with E-state index >= 15 is 0 Å². The van der Waals surface area contributed by atoms with Crippen molar-refractivity contribution in [2.45, 2.75) is 38.5 Å². The van der Waals surface area contributed by atoms with Gasteiger partial charge in [0.1, 0.15) is 0 Å². The van der Waals surface area contributed by atoms with Crippen LogP contribution in [-0.2, 0) is 7.05 Å². The third-order valence-electron chi connectivity index (χ3n) is 4.72. The zero-order chi connectivity index (χ0) is 15.5. The number of hydrogen-bond donors (Lipinski definition) is 1. The summed E-state index contributed by atoms with van der Waals surface area (Å²) in [6.07, 6.45) is 9.74. The number of aromatic nitrogens is 1. The molecule has 1 fully saturated rings. The van der Waals surface area contributed by atoms with Gasteiger partial charge < -0.3 is 9.88 Å². The number of nitrogens with zero attached hydrogens (tertiary/aromatic N) is 1. The highest BCUT2D eigenvalue weighted by Crippen LogP contribution is 2.28. The number of halogens is 1. The molecule has 1 heterocycles. The van der Waals surface area contributed by atoms with Crippen molar-refractivity contribution >= 4 is 32.7 Å². The van der Waals surface area contributed by atoms with Crippen molar-refractivity contribution in [3.63, 3.8) is 0 Å². The highest BCUT2D eigenvalue weighted by atomic mass is 79.9. The third-order valence-corrected chi connectivity index (χ3v) is 5.36. The second-order valence-electron chi connectivity index (χ2n) is 6.36. The molecule has 1 amide bonds. The maximum atomic E-state index is 12.6. The van der Waals surface area contributed by atoms with Crippen molar-refractivity contribution in [3.8, 4) is 0 Å². The smallest absolute Gasteiger partial charge is 0.253 e. The summed E-state index contributed by atoms with van der Waals surface area (Å²) in [5.41, 5.74) is 1.84. The van der Waals surface area contributed by atoms with Gasteiger partial charge in [-0.3, -0.25) is 4.79 Å². The van der Waals surface area contributed by atoms with Crippen LogP contribution in [-0.4, -0.2) is 17.0 Å². The fourth-order valence-corrected chi connectivity index (χ4v) is 4.15. The molecule has 1 aromatic carbocycles. The van der Waals surface area contributed by atoms with E-state index in [2.05, 4.69) is 21.2 Å². The molecular weight excluding hydrogens is 340 g/mol. The Bertz CT molecular complexity index is 669. The van der Waals surface area contributed by atoms with E-state index in [0.29, 0.717) is 5.92 Å². The Labute approximate surface area is 140 Å². The highest BCUT2D eigenvalue weighted by Gasteiger charge is 2.17.